The molecular weight excluding hydrogens is 571 g/mol. The Hall–Kier alpha value is -2.19. The number of aliphatic hydroxyl groups is 1. The van der Waals surface area contributed by atoms with Crippen LogP contribution in [0.25, 0.3) is 10.4 Å². The molecule has 0 amide bonds. The molecule has 3 aliphatic rings. The normalized spacial score (nSPS) is 27.6. The van der Waals surface area contributed by atoms with Gasteiger partial charge in [0, 0.05) is 45.2 Å². The number of fused-ring (bicyclic) bond motifs is 1. The molecule has 2 atom stereocenters. The van der Waals surface area contributed by atoms with Crippen LogP contribution in [0.5, 0.6) is 5.75 Å². The lowest BCUT2D eigenvalue weighted by Crippen LogP contribution is -2.29. The maximum absolute atomic E-state index is 10.4. The van der Waals surface area contributed by atoms with Crippen molar-refractivity contribution in [1.82, 2.24) is 14.9 Å². The molecule has 1 aliphatic heterocycles. The molecule has 0 spiro atoms. The highest BCUT2D eigenvalue weighted by Crippen LogP contribution is 2.74. The molecule has 1 saturated heterocycles. The van der Waals surface area contributed by atoms with Gasteiger partial charge in [-0.3, -0.25) is 0 Å². The van der Waals surface area contributed by atoms with E-state index >= 15 is 0 Å². The van der Waals surface area contributed by atoms with Crippen molar-refractivity contribution >= 4 is 39.7 Å². The maximum atomic E-state index is 10.4. The van der Waals surface area contributed by atoms with Gasteiger partial charge in [0.2, 0.25) is 0 Å². The van der Waals surface area contributed by atoms with Crippen LogP contribution < -0.4 is 10.5 Å². The topological polar surface area (TPSA) is 84.5 Å². The molecule has 0 bridgehead atoms. The van der Waals surface area contributed by atoms with Gasteiger partial charge < -0.3 is 20.5 Å². The minimum absolute atomic E-state index is 0.361. The van der Waals surface area contributed by atoms with Gasteiger partial charge in [-0.05, 0) is 56.7 Å². The van der Waals surface area contributed by atoms with E-state index in [9.17, 15) is 5.11 Å². The zero-order chi connectivity index (χ0) is 24.2. The second-order valence-electron chi connectivity index (χ2n) is 9.81. The third-order valence-electron chi connectivity index (χ3n) is 7.33. The number of halogens is 1. The van der Waals surface area contributed by atoms with E-state index in [1.807, 2.05) is 36.5 Å². The minimum Gasteiger partial charge on any atom is -0.485 e. The molecule has 3 heterocycles. The van der Waals surface area contributed by atoms with Crippen LogP contribution in [0.4, 0.5) is 5.82 Å². The number of pyridine rings is 1. The smallest absolute Gasteiger partial charge is 0.166 e. The molecule has 3 aromatic rings. The molecule has 2 aliphatic carbocycles. The zero-order valence-electron chi connectivity index (χ0n) is 19.4. The van der Waals surface area contributed by atoms with Crippen molar-refractivity contribution in [1.29, 1.82) is 0 Å². The summed E-state index contributed by atoms with van der Waals surface area (Å²) in [6.45, 7) is 2.60. The third-order valence-corrected chi connectivity index (χ3v) is 10.1. The molecule has 2 saturated carbocycles. The largest absolute Gasteiger partial charge is 0.485 e. The molecule has 35 heavy (non-hydrogen) atoms. The fraction of sp³-hybridized carbons (Fsp3) is 0.407. The Balaban J connectivity index is 1.12. The fourth-order valence-corrected chi connectivity index (χ4v) is 7.70. The van der Waals surface area contributed by atoms with Gasteiger partial charge in [0.1, 0.15) is 12.2 Å². The first-order valence-corrected chi connectivity index (χ1v) is 14.0. The predicted molar refractivity (Wildman–Crippen MR) is 147 cm³/mol. The molecule has 3 fully saturated rings. The summed E-state index contributed by atoms with van der Waals surface area (Å²) in [5.74, 6) is 8.40. The van der Waals surface area contributed by atoms with Crippen molar-refractivity contribution in [2.75, 3.05) is 25.9 Å². The number of likely N-dealkylation sites (tertiary alicyclic amines) is 1. The number of thiazole rings is 1. The van der Waals surface area contributed by atoms with E-state index in [1.165, 1.54) is 5.01 Å². The van der Waals surface area contributed by atoms with E-state index in [-0.39, 0.29) is 0 Å². The minimum atomic E-state index is -0.761. The Morgan fingerprint density at radius 3 is 2.80 bits per heavy atom. The van der Waals surface area contributed by atoms with Crippen molar-refractivity contribution in [3.63, 3.8) is 0 Å². The Kier molecular flexibility index (Phi) is 6.00. The van der Waals surface area contributed by atoms with Gasteiger partial charge in [0.15, 0.2) is 11.6 Å². The van der Waals surface area contributed by atoms with Crippen LogP contribution >= 0.6 is 33.9 Å². The summed E-state index contributed by atoms with van der Waals surface area (Å²) < 4.78 is 6.65. The van der Waals surface area contributed by atoms with Crippen molar-refractivity contribution in [2.24, 2.45) is 11.8 Å². The van der Waals surface area contributed by atoms with E-state index in [2.05, 4.69) is 51.4 Å². The predicted octanol–water partition coefficient (Wildman–Crippen LogP) is 4.32. The number of nitrogens with two attached hydrogens (primary N) is 1. The molecule has 6 nitrogen and oxygen atoms in total. The second-order valence-corrected chi connectivity index (χ2v) is 12.3. The number of aromatic nitrogens is 2. The highest BCUT2D eigenvalue weighted by atomic mass is 127. The quantitative estimate of drug-likeness (QED) is 0.259. The van der Waals surface area contributed by atoms with E-state index in [1.54, 1.807) is 17.5 Å². The third kappa shape index (κ3) is 4.55. The Bertz CT molecular complexity index is 1310. The van der Waals surface area contributed by atoms with Crippen LogP contribution in [0.2, 0.25) is 0 Å². The molecular formula is C27H27IN4O2S. The number of nitrogen functional groups attached to an aromatic ring is 1. The number of hydrogen-bond donors (Lipinski definition) is 2. The number of nitrogens with zero attached hydrogens (tertiary/aromatic N) is 3. The van der Waals surface area contributed by atoms with Crippen LogP contribution in [0, 0.1) is 23.7 Å². The number of anilines is 1. The van der Waals surface area contributed by atoms with Crippen molar-refractivity contribution in [2.45, 2.75) is 34.9 Å². The van der Waals surface area contributed by atoms with Crippen LogP contribution in [0.15, 0.2) is 42.7 Å². The van der Waals surface area contributed by atoms with E-state index in [0.29, 0.717) is 39.9 Å². The number of rotatable bonds is 5. The molecule has 180 valence electrons. The Morgan fingerprint density at radius 2 is 2.03 bits per heavy atom. The van der Waals surface area contributed by atoms with Crippen LogP contribution in [0.3, 0.4) is 0 Å². The molecule has 6 rings (SSSR count). The van der Waals surface area contributed by atoms with Gasteiger partial charge in [-0.1, -0.05) is 46.6 Å². The van der Waals surface area contributed by atoms with Gasteiger partial charge in [-0.25, -0.2) is 9.97 Å². The summed E-state index contributed by atoms with van der Waals surface area (Å²) >= 11 is 4.13. The standard InChI is InChI=1S/C27H27IN4O2S/c1-32-9-6-18(7-10-32)26-31-14-21(35-26)19-12-20(25(29)30-13-19)34-15-17-4-2-3-16(11-17)5-8-27(33)22-23(27)24(22)28/h2-4,11-14,18,22-24,33H,6-7,9-10,15H2,1H3,(H2,29,30). The van der Waals surface area contributed by atoms with Gasteiger partial charge in [-0.15, -0.1) is 11.3 Å². The fourth-order valence-electron chi connectivity index (χ4n) is 4.88. The van der Waals surface area contributed by atoms with E-state index in [4.69, 9.17) is 15.5 Å². The molecule has 8 heteroatoms. The van der Waals surface area contributed by atoms with E-state index in [0.717, 1.165) is 47.5 Å². The summed E-state index contributed by atoms with van der Waals surface area (Å²) in [5, 5.41) is 11.6. The lowest BCUT2D eigenvalue weighted by molar-refractivity contribution is 0.156. The van der Waals surface area contributed by atoms with Crippen molar-refractivity contribution < 1.29 is 9.84 Å². The van der Waals surface area contributed by atoms with Crippen molar-refractivity contribution in [3.05, 3.63) is 58.9 Å². The number of benzene rings is 1. The van der Waals surface area contributed by atoms with Gasteiger partial charge in [0.05, 0.1) is 9.88 Å². The van der Waals surface area contributed by atoms with Gasteiger partial charge >= 0.3 is 0 Å². The molecule has 3 N–H and O–H groups in total. The van der Waals surface area contributed by atoms with Gasteiger partial charge in [-0.2, -0.15) is 0 Å². The second kappa shape index (κ2) is 9.04. The lowest BCUT2D eigenvalue weighted by Gasteiger charge is -2.27. The Labute approximate surface area is 223 Å². The van der Waals surface area contributed by atoms with Crippen LogP contribution in [-0.2, 0) is 6.61 Å². The number of hydrogen-bond acceptors (Lipinski definition) is 7. The first kappa shape index (κ1) is 23.2. The summed E-state index contributed by atoms with van der Waals surface area (Å²) in [5.41, 5.74) is 8.20. The van der Waals surface area contributed by atoms with Crippen LogP contribution in [0.1, 0.15) is 34.9 Å². The summed E-state index contributed by atoms with van der Waals surface area (Å²) in [7, 11) is 2.18. The van der Waals surface area contributed by atoms with Gasteiger partial charge in [0.25, 0.3) is 0 Å². The maximum Gasteiger partial charge on any atom is 0.166 e. The number of ether oxygens (including phenoxy) is 1. The average Bonchev–Trinajstić information content (AvgIpc) is 3.65. The first-order chi connectivity index (χ1) is 16.9. The lowest BCUT2D eigenvalue weighted by atomic mass is 9.98. The summed E-state index contributed by atoms with van der Waals surface area (Å²) in [6, 6.07) is 9.86. The van der Waals surface area contributed by atoms with E-state index < -0.39 is 5.60 Å². The van der Waals surface area contributed by atoms with Crippen LogP contribution in [-0.4, -0.2) is 49.6 Å². The average molecular weight is 599 g/mol. The first-order valence-electron chi connectivity index (χ1n) is 11.9. The highest BCUT2D eigenvalue weighted by molar-refractivity contribution is 14.1. The molecule has 2 unspecified atom stereocenters. The molecule has 1 aromatic carbocycles. The summed E-state index contributed by atoms with van der Waals surface area (Å²) in [4.78, 5) is 12.5. The highest BCUT2D eigenvalue weighted by Gasteiger charge is 2.83. The molecule has 2 aromatic heterocycles. The monoisotopic (exact) mass is 598 g/mol. The number of piperidine rings is 1. The SMILES string of the molecule is CN1CCC(c2ncc(-c3cnc(N)c(OCc4cccc(C#CC5(O)C6C(I)C65)c4)c3)s2)CC1. The number of alkyl halides is 1. The zero-order valence-corrected chi connectivity index (χ0v) is 22.4. The molecule has 0 radical (unpaired) electrons. The summed E-state index contributed by atoms with van der Waals surface area (Å²) in [6.07, 6.45) is 6.04. The Morgan fingerprint density at radius 1 is 1.23 bits per heavy atom. The van der Waals surface area contributed by atoms with Crippen molar-refractivity contribution in [3.8, 4) is 28.0 Å².